The molecule has 1 aromatic rings. The van der Waals surface area contributed by atoms with Crippen molar-refractivity contribution in [1.29, 1.82) is 5.26 Å². The number of thioether (sulfide) groups is 1. The highest BCUT2D eigenvalue weighted by Gasteiger charge is 2.58. The Bertz CT molecular complexity index is 474. The van der Waals surface area contributed by atoms with E-state index in [1.54, 1.807) is 11.8 Å². The van der Waals surface area contributed by atoms with Crippen molar-refractivity contribution in [3.05, 3.63) is 29.8 Å². The number of aryl methyl sites for hydroxylation is 1. The Hall–Kier alpha value is -0.940. The maximum atomic E-state index is 9.45. The first-order valence-electron chi connectivity index (χ1n) is 6.32. The van der Waals surface area contributed by atoms with E-state index < -0.39 is 0 Å². The Balaban J connectivity index is 1.74. The van der Waals surface area contributed by atoms with Gasteiger partial charge in [-0.15, -0.1) is 11.8 Å². The van der Waals surface area contributed by atoms with Gasteiger partial charge in [-0.3, -0.25) is 0 Å². The summed E-state index contributed by atoms with van der Waals surface area (Å²) < 4.78 is -0.131. The van der Waals surface area contributed by atoms with Crippen molar-refractivity contribution >= 4 is 11.8 Å². The molecule has 2 aliphatic carbocycles. The Kier molecular flexibility index (Phi) is 2.48. The molecule has 0 radical (unpaired) electrons. The van der Waals surface area contributed by atoms with Crippen molar-refractivity contribution in [2.75, 3.05) is 0 Å². The second kappa shape index (κ2) is 3.78. The molecule has 0 bridgehead atoms. The van der Waals surface area contributed by atoms with E-state index in [9.17, 15) is 5.26 Å². The summed E-state index contributed by atoms with van der Waals surface area (Å²) in [6.45, 7) is 2.11. The van der Waals surface area contributed by atoms with Gasteiger partial charge in [-0.1, -0.05) is 24.1 Å². The fourth-order valence-electron chi connectivity index (χ4n) is 3.27. The summed E-state index contributed by atoms with van der Waals surface area (Å²) in [4.78, 5) is 1.25. The van der Waals surface area contributed by atoms with E-state index in [0.29, 0.717) is 5.41 Å². The molecule has 2 saturated carbocycles. The monoisotopic (exact) mass is 243 g/mol. The van der Waals surface area contributed by atoms with Crippen LogP contribution in [-0.4, -0.2) is 4.75 Å². The fourth-order valence-corrected chi connectivity index (χ4v) is 4.91. The second-order valence-electron chi connectivity index (χ2n) is 5.73. The van der Waals surface area contributed by atoms with Crippen molar-refractivity contribution in [3.63, 3.8) is 0 Å². The van der Waals surface area contributed by atoms with Crippen LogP contribution in [0.3, 0.4) is 0 Å². The number of benzene rings is 1. The molecule has 88 valence electrons. The molecule has 1 aromatic carbocycles. The number of rotatable bonds is 2. The Morgan fingerprint density at radius 2 is 2.06 bits per heavy atom. The minimum absolute atomic E-state index is 0.131. The summed E-state index contributed by atoms with van der Waals surface area (Å²) >= 11 is 1.78. The average molecular weight is 243 g/mol. The zero-order valence-electron chi connectivity index (χ0n) is 10.2. The SMILES string of the molecule is Cc1cccc(SC2(C#N)CC3(CCC3)C2)c1. The molecule has 2 aliphatic rings. The lowest BCUT2D eigenvalue weighted by atomic mass is 9.52. The Morgan fingerprint density at radius 3 is 2.59 bits per heavy atom. The van der Waals surface area contributed by atoms with Gasteiger partial charge in [-0.05, 0) is 50.2 Å². The van der Waals surface area contributed by atoms with Crippen LogP contribution in [-0.2, 0) is 0 Å². The summed E-state index contributed by atoms with van der Waals surface area (Å²) in [6.07, 6.45) is 6.29. The highest BCUT2D eigenvalue weighted by Crippen LogP contribution is 2.65. The molecule has 0 saturated heterocycles. The molecule has 0 aliphatic heterocycles. The molecule has 0 amide bonds. The van der Waals surface area contributed by atoms with E-state index in [-0.39, 0.29) is 4.75 Å². The first kappa shape index (κ1) is 11.2. The Labute approximate surface area is 107 Å². The smallest absolute Gasteiger partial charge is 0.108 e. The lowest BCUT2D eigenvalue weighted by Crippen LogP contribution is -2.52. The standard InChI is InChI=1S/C15H17NS/c1-12-4-2-5-13(8-12)17-15(11-16)9-14(10-15)6-3-7-14/h2,4-5,8H,3,6-7,9-10H2,1H3. The highest BCUT2D eigenvalue weighted by atomic mass is 32.2. The molecule has 0 heterocycles. The lowest BCUT2D eigenvalue weighted by Gasteiger charge is -2.57. The van der Waals surface area contributed by atoms with Crippen molar-refractivity contribution in [3.8, 4) is 6.07 Å². The molecular weight excluding hydrogens is 226 g/mol. The number of nitriles is 1. The van der Waals surface area contributed by atoms with Crippen molar-refractivity contribution < 1.29 is 0 Å². The quantitative estimate of drug-likeness (QED) is 0.772. The van der Waals surface area contributed by atoms with Crippen LogP contribution in [0.4, 0.5) is 0 Å². The van der Waals surface area contributed by atoms with Gasteiger partial charge < -0.3 is 0 Å². The van der Waals surface area contributed by atoms with Gasteiger partial charge in [-0.2, -0.15) is 5.26 Å². The van der Waals surface area contributed by atoms with Gasteiger partial charge in [0, 0.05) is 4.90 Å². The number of hydrogen-bond donors (Lipinski definition) is 0. The van der Waals surface area contributed by atoms with Gasteiger partial charge >= 0.3 is 0 Å². The molecular formula is C15H17NS. The molecule has 17 heavy (non-hydrogen) atoms. The van der Waals surface area contributed by atoms with Gasteiger partial charge in [0.25, 0.3) is 0 Å². The molecule has 2 fully saturated rings. The zero-order chi connectivity index (χ0) is 11.9. The van der Waals surface area contributed by atoms with Gasteiger partial charge in [0.2, 0.25) is 0 Å². The van der Waals surface area contributed by atoms with Crippen molar-refractivity contribution in [1.82, 2.24) is 0 Å². The summed E-state index contributed by atoms with van der Waals surface area (Å²) in [5, 5.41) is 9.45. The molecule has 0 N–H and O–H groups in total. The molecule has 0 unspecified atom stereocenters. The summed E-state index contributed by atoms with van der Waals surface area (Å²) in [6, 6.07) is 11.1. The number of nitrogens with zero attached hydrogens (tertiary/aromatic N) is 1. The van der Waals surface area contributed by atoms with E-state index in [2.05, 4.69) is 37.3 Å². The van der Waals surface area contributed by atoms with Crippen molar-refractivity contribution in [2.24, 2.45) is 5.41 Å². The minimum atomic E-state index is -0.131. The number of hydrogen-bond acceptors (Lipinski definition) is 2. The third kappa shape index (κ3) is 1.87. The summed E-state index contributed by atoms with van der Waals surface area (Å²) in [5.74, 6) is 0. The predicted octanol–water partition coefficient (Wildman–Crippen LogP) is 4.31. The third-order valence-electron chi connectivity index (χ3n) is 4.24. The first-order chi connectivity index (χ1) is 8.15. The molecule has 1 spiro atoms. The normalized spacial score (nSPS) is 23.5. The van der Waals surface area contributed by atoms with E-state index in [0.717, 1.165) is 12.8 Å². The van der Waals surface area contributed by atoms with Gasteiger partial charge in [0.15, 0.2) is 0 Å². The fraction of sp³-hybridized carbons (Fsp3) is 0.533. The second-order valence-corrected chi connectivity index (χ2v) is 7.19. The largest absolute Gasteiger partial charge is 0.197 e. The van der Waals surface area contributed by atoms with Crippen LogP contribution in [0, 0.1) is 23.7 Å². The molecule has 2 heteroatoms. The summed E-state index contributed by atoms with van der Waals surface area (Å²) in [5.41, 5.74) is 1.84. The van der Waals surface area contributed by atoms with E-state index in [1.807, 2.05) is 0 Å². The topological polar surface area (TPSA) is 23.8 Å². The molecule has 0 aromatic heterocycles. The van der Waals surface area contributed by atoms with Crippen LogP contribution in [0.25, 0.3) is 0 Å². The van der Waals surface area contributed by atoms with Gasteiger partial charge in [0.1, 0.15) is 4.75 Å². The van der Waals surface area contributed by atoms with Crippen LogP contribution in [0.5, 0.6) is 0 Å². The predicted molar refractivity (Wildman–Crippen MR) is 70.9 cm³/mol. The lowest BCUT2D eigenvalue weighted by molar-refractivity contribution is 0.0152. The van der Waals surface area contributed by atoms with Crippen LogP contribution >= 0.6 is 11.8 Å². The molecule has 0 atom stereocenters. The Morgan fingerprint density at radius 1 is 1.29 bits per heavy atom. The van der Waals surface area contributed by atoms with E-state index >= 15 is 0 Å². The highest BCUT2D eigenvalue weighted by molar-refractivity contribution is 8.01. The van der Waals surface area contributed by atoms with Gasteiger partial charge in [-0.25, -0.2) is 0 Å². The van der Waals surface area contributed by atoms with Crippen LogP contribution in [0.2, 0.25) is 0 Å². The molecule has 1 nitrogen and oxygen atoms in total. The van der Waals surface area contributed by atoms with Crippen LogP contribution in [0.1, 0.15) is 37.7 Å². The van der Waals surface area contributed by atoms with Gasteiger partial charge in [0.05, 0.1) is 6.07 Å². The van der Waals surface area contributed by atoms with E-state index in [1.165, 1.54) is 29.7 Å². The first-order valence-corrected chi connectivity index (χ1v) is 7.14. The zero-order valence-corrected chi connectivity index (χ0v) is 11.0. The van der Waals surface area contributed by atoms with Crippen LogP contribution in [0.15, 0.2) is 29.2 Å². The summed E-state index contributed by atoms with van der Waals surface area (Å²) in [7, 11) is 0. The van der Waals surface area contributed by atoms with E-state index in [4.69, 9.17) is 0 Å². The average Bonchev–Trinajstić information content (AvgIpc) is 2.20. The minimum Gasteiger partial charge on any atom is -0.197 e. The van der Waals surface area contributed by atoms with Crippen molar-refractivity contribution in [2.45, 2.75) is 48.7 Å². The van der Waals surface area contributed by atoms with Crippen LogP contribution < -0.4 is 0 Å². The molecule has 3 rings (SSSR count). The third-order valence-corrected chi connectivity index (χ3v) is 5.50. The maximum absolute atomic E-state index is 9.45. The maximum Gasteiger partial charge on any atom is 0.108 e.